The Morgan fingerprint density at radius 2 is 1.88 bits per heavy atom. The number of thiazole rings is 1. The van der Waals surface area contributed by atoms with E-state index in [0.29, 0.717) is 6.54 Å². The number of hydrogen-bond acceptors (Lipinski definition) is 3. The summed E-state index contributed by atoms with van der Waals surface area (Å²) in [4.78, 5) is 5.15. The van der Waals surface area contributed by atoms with E-state index in [9.17, 15) is 8.78 Å². The first kappa shape index (κ1) is 17.2. The minimum absolute atomic E-state index is 0.220. The van der Waals surface area contributed by atoms with Crippen molar-refractivity contribution in [2.45, 2.75) is 13.8 Å². The predicted molar refractivity (Wildman–Crippen MR) is 97.9 cm³/mol. The number of aromatic nitrogens is 1. The zero-order valence-corrected chi connectivity index (χ0v) is 14.7. The van der Waals surface area contributed by atoms with Crippen molar-refractivity contribution in [3.63, 3.8) is 0 Å². The summed E-state index contributed by atoms with van der Waals surface area (Å²) in [6.45, 7) is 4.59. The lowest BCUT2D eigenvalue weighted by Crippen LogP contribution is -2.12. The monoisotopic (exact) mass is 357 g/mol. The largest absolute Gasteiger partial charge is 0.258 e. The third-order valence-electron chi connectivity index (χ3n) is 3.60. The molecule has 0 atom stereocenters. The Labute approximate surface area is 148 Å². The van der Waals surface area contributed by atoms with E-state index in [0.717, 1.165) is 22.1 Å². The van der Waals surface area contributed by atoms with Crippen LogP contribution in [0.15, 0.2) is 57.9 Å². The van der Waals surface area contributed by atoms with Crippen LogP contribution in [0.3, 0.4) is 0 Å². The molecule has 1 heterocycles. The zero-order valence-electron chi connectivity index (χ0n) is 13.9. The van der Waals surface area contributed by atoms with Crippen LogP contribution in [0, 0.1) is 18.6 Å². The van der Waals surface area contributed by atoms with Crippen molar-refractivity contribution >= 4 is 17.6 Å². The molecule has 0 aliphatic heterocycles. The zero-order chi connectivity index (χ0) is 17.8. The molecule has 6 heteroatoms. The molecular weight excluding hydrogens is 340 g/mol. The Hall–Kier alpha value is -2.60. The minimum Gasteiger partial charge on any atom is -0.258 e. The summed E-state index contributed by atoms with van der Waals surface area (Å²) in [5.41, 5.74) is 3.25. The summed E-state index contributed by atoms with van der Waals surface area (Å²) >= 11 is 1.47. The minimum atomic E-state index is -0.648. The van der Waals surface area contributed by atoms with E-state index in [4.69, 9.17) is 0 Å². The highest BCUT2D eigenvalue weighted by Crippen LogP contribution is 2.20. The van der Waals surface area contributed by atoms with Crippen LogP contribution in [0.2, 0.25) is 0 Å². The molecule has 0 saturated carbocycles. The van der Waals surface area contributed by atoms with E-state index in [2.05, 4.69) is 10.1 Å². The van der Waals surface area contributed by atoms with Crippen LogP contribution >= 0.6 is 11.3 Å². The van der Waals surface area contributed by atoms with Gasteiger partial charge >= 0.3 is 0 Å². The maximum Gasteiger partial charge on any atom is 0.206 e. The highest BCUT2D eigenvalue weighted by molar-refractivity contribution is 7.07. The second-order valence-electron chi connectivity index (χ2n) is 5.47. The van der Waals surface area contributed by atoms with Gasteiger partial charge in [-0.05, 0) is 26.0 Å². The van der Waals surface area contributed by atoms with Crippen LogP contribution in [0.4, 0.5) is 8.78 Å². The maximum absolute atomic E-state index is 13.8. The molecule has 0 saturated heterocycles. The highest BCUT2D eigenvalue weighted by Gasteiger charge is 2.08. The maximum atomic E-state index is 13.8. The van der Waals surface area contributed by atoms with E-state index in [1.807, 2.05) is 43.5 Å². The molecule has 0 aliphatic carbocycles. The number of nitrogens with zero attached hydrogens (tertiary/aromatic N) is 3. The second-order valence-corrected chi connectivity index (χ2v) is 6.30. The molecule has 0 bridgehead atoms. The molecule has 0 aliphatic rings. The summed E-state index contributed by atoms with van der Waals surface area (Å²) in [6.07, 6.45) is 1.38. The van der Waals surface area contributed by atoms with E-state index in [-0.39, 0.29) is 5.56 Å². The van der Waals surface area contributed by atoms with Crippen LogP contribution in [0.25, 0.3) is 11.3 Å². The standard InChI is InChI=1S/C19H17F2N3S/c1-3-22-19-24(23-11-15-8-9-16(20)10-17(15)21)18(12-25-19)14-6-4-13(2)5-7-14/h4-12H,3H2,1-2H3/b22-19?,23-11+. The summed E-state index contributed by atoms with van der Waals surface area (Å²) in [7, 11) is 0. The normalized spacial score (nSPS) is 12.2. The van der Waals surface area contributed by atoms with Crippen molar-refractivity contribution in [1.82, 2.24) is 4.68 Å². The van der Waals surface area contributed by atoms with Crippen molar-refractivity contribution in [3.05, 3.63) is 75.4 Å². The summed E-state index contributed by atoms with van der Waals surface area (Å²) in [5.74, 6) is -1.26. The lowest BCUT2D eigenvalue weighted by atomic mass is 10.1. The quantitative estimate of drug-likeness (QED) is 0.611. The SMILES string of the molecule is CCN=c1scc(-c2ccc(C)cc2)n1/N=C/c1ccc(F)cc1F. The van der Waals surface area contributed by atoms with E-state index < -0.39 is 11.6 Å². The van der Waals surface area contributed by atoms with Gasteiger partial charge in [0, 0.05) is 29.1 Å². The third-order valence-corrected chi connectivity index (χ3v) is 4.45. The first-order valence-electron chi connectivity index (χ1n) is 7.86. The number of rotatable bonds is 4. The van der Waals surface area contributed by atoms with E-state index in [1.54, 1.807) is 4.68 Å². The second kappa shape index (κ2) is 7.53. The van der Waals surface area contributed by atoms with Crippen LogP contribution in [0.5, 0.6) is 0 Å². The Morgan fingerprint density at radius 3 is 2.56 bits per heavy atom. The first-order valence-corrected chi connectivity index (χ1v) is 8.74. The van der Waals surface area contributed by atoms with Crippen molar-refractivity contribution in [3.8, 4) is 11.3 Å². The Bertz CT molecular complexity index is 969. The van der Waals surface area contributed by atoms with Gasteiger partial charge in [-0.2, -0.15) is 5.10 Å². The molecule has 1 aromatic heterocycles. The van der Waals surface area contributed by atoms with Crippen molar-refractivity contribution in [1.29, 1.82) is 0 Å². The fraction of sp³-hybridized carbons (Fsp3) is 0.158. The van der Waals surface area contributed by atoms with Gasteiger partial charge in [-0.3, -0.25) is 4.99 Å². The molecule has 0 fully saturated rings. The third kappa shape index (κ3) is 3.91. The van der Waals surface area contributed by atoms with Crippen molar-refractivity contribution in [2.24, 2.45) is 10.1 Å². The average Bonchev–Trinajstić information content (AvgIpc) is 2.98. The number of halogens is 2. The molecule has 0 unspecified atom stereocenters. The molecule has 3 nitrogen and oxygen atoms in total. The molecule has 0 spiro atoms. The first-order chi connectivity index (χ1) is 12.1. The summed E-state index contributed by atoms with van der Waals surface area (Å²) in [6, 6.07) is 11.5. The van der Waals surface area contributed by atoms with Crippen LogP contribution < -0.4 is 4.80 Å². The van der Waals surface area contributed by atoms with Gasteiger partial charge in [0.25, 0.3) is 0 Å². The Morgan fingerprint density at radius 1 is 1.12 bits per heavy atom. The van der Waals surface area contributed by atoms with Crippen molar-refractivity contribution in [2.75, 3.05) is 6.54 Å². The summed E-state index contributed by atoms with van der Waals surface area (Å²) in [5, 5.41) is 6.36. The van der Waals surface area contributed by atoms with Gasteiger partial charge in [0.1, 0.15) is 11.6 Å². The van der Waals surface area contributed by atoms with Gasteiger partial charge in [0.05, 0.1) is 11.9 Å². The molecule has 25 heavy (non-hydrogen) atoms. The van der Waals surface area contributed by atoms with Gasteiger partial charge in [-0.25, -0.2) is 13.5 Å². The van der Waals surface area contributed by atoms with E-state index in [1.165, 1.54) is 35.2 Å². The number of hydrogen-bond donors (Lipinski definition) is 0. The number of benzene rings is 2. The summed E-state index contributed by atoms with van der Waals surface area (Å²) < 4.78 is 28.6. The van der Waals surface area contributed by atoms with Crippen LogP contribution in [0.1, 0.15) is 18.1 Å². The molecule has 3 rings (SSSR count). The lowest BCUT2D eigenvalue weighted by molar-refractivity contribution is 0.582. The molecule has 0 amide bonds. The lowest BCUT2D eigenvalue weighted by Gasteiger charge is -2.04. The molecule has 3 aromatic rings. The topological polar surface area (TPSA) is 29.6 Å². The fourth-order valence-electron chi connectivity index (χ4n) is 2.30. The van der Waals surface area contributed by atoms with Crippen molar-refractivity contribution < 1.29 is 8.78 Å². The van der Waals surface area contributed by atoms with Gasteiger partial charge in [-0.15, -0.1) is 11.3 Å². The molecule has 0 N–H and O–H groups in total. The van der Waals surface area contributed by atoms with Crippen LogP contribution in [-0.2, 0) is 0 Å². The smallest absolute Gasteiger partial charge is 0.206 e. The Kier molecular flexibility index (Phi) is 5.19. The molecule has 2 aromatic carbocycles. The van der Waals surface area contributed by atoms with Gasteiger partial charge in [0.15, 0.2) is 0 Å². The van der Waals surface area contributed by atoms with Crippen LogP contribution in [-0.4, -0.2) is 17.4 Å². The predicted octanol–water partition coefficient (Wildman–Crippen LogP) is 4.61. The van der Waals surface area contributed by atoms with Gasteiger partial charge < -0.3 is 0 Å². The fourth-order valence-corrected chi connectivity index (χ4v) is 3.21. The number of aryl methyl sites for hydroxylation is 1. The molecule has 0 radical (unpaired) electrons. The Balaban J connectivity index is 2.07. The van der Waals surface area contributed by atoms with Gasteiger partial charge in [0.2, 0.25) is 4.80 Å². The molecule has 128 valence electrons. The molecular formula is C19H17F2N3S. The van der Waals surface area contributed by atoms with E-state index >= 15 is 0 Å². The van der Waals surface area contributed by atoms with Gasteiger partial charge in [-0.1, -0.05) is 29.8 Å². The highest BCUT2D eigenvalue weighted by atomic mass is 32.1. The average molecular weight is 357 g/mol.